The lowest BCUT2D eigenvalue weighted by Crippen LogP contribution is -2.51. The van der Waals surface area contributed by atoms with Crippen LogP contribution in [-0.4, -0.2) is 96.0 Å². The number of aromatic amines is 1. The van der Waals surface area contributed by atoms with E-state index in [0.717, 1.165) is 12.4 Å². The van der Waals surface area contributed by atoms with Gasteiger partial charge in [-0.2, -0.15) is 18.3 Å². The second kappa shape index (κ2) is 11.8. The third kappa shape index (κ3) is 6.64. The molecule has 2 aromatic heterocycles. The Bertz CT molecular complexity index is 1430. The maximum absolute atomic E-state index is 13.0. The van der Waals surface area contributed by atoms with Crippen LogP contribution in [0.2, 0.25) is 0 Å². The number of aromatic nitrogens is 4. The highest BCUT2D eigenvalue weighted by molar-refractivity contribution is 5.92. The van der Waals surface area contributed by atoms with Crippen molar-refractivity contribution in [1.82, 2.24) is 25.1 Å². The molecule has 1 N–H and O–H groups in total. The van der Waals surface area contributed by atoms with Gasteiger partial charge in [-0.1, -0.05) is 0 Å². The van der Waals surface area contributed by atoms with E-state index in [9.17, 15) is 31.5 Å². The molecule has 5 rings (SSSR count). The number of amides is 1. The number of H-pyrrole nitrogens is 1. The first-order chi connectivity index (χ1) is 19.6. The van der Waals surface area contributed by atoms with E-state index in [0.29, 0.717) is 62.5 Å². The summed E-state index contributed by atoms with van der Waals surface area (Å²) in [7, 11) is 0. The Morgan fingerprint density at radius 1 is 1.07 bits per heavy atom. The summed E-state index contributed by atoms with van der Waals surface area (Å²) in [6.45, 7) is 1.62. The van der Waals surface area contributed by atoms with Crippen LogP contribution in [0.25, 0.3) is 10.8 Å². The second-order valence-electron chi connectivity index (χ2n) is 9.57. The van der Waals surface area contributed by atoms with Crippen LogP contribution in [0.15, 0.2) is 35.4 Å². The molecule has 220 valence electrons. The molecule has 4 heterocycles. The molecule has 1 amide bonds. The first kappa shape index (κ1) is 28.4. The fourth-order valence-electron chi connectivity index (χ4n) is 4.77. The number of hydrogen-bond acceptors (Lipinski definition) is 9. The summed E-state index contributed by atoms with van der Waals surface area (Å²) >= 11 is 0. The number of alkyl halides is 5. The van der Waals surface area contributed by atoms with Gasteiger partial charge in [0.15, 0.2) is 5.82 Å². The van der Waals surface area contributed by atoms with Gasteiger partial charge in [0.2, 0.25) is 11.9 Å². The van der Waals surface area contributed by atoms with Crippen LogP contribution in [0, 0.1) is 0 Å². The highest BCUT2D eigenvalue weighted by Crippen LogP contribution is 2.29. The van der Waals surface area contributed by atoms with Crippen molar-refractivity contribution in [3.8, 4) is 5.75 Å². The summed E-state index contributed by atoms with van der Waals surface area (Å²) in [6.07, 6.45) is -6.09. The van der Waals surface area contributed by atoms with Crippen molar-refractivity contribution in [3.05, 3.63) is 46.5 Å². The van der Waals surface area contributed by atoms with Gasteiger partial charge in [-0.3, -0.25) is 9.59 Å². The number of fused-ring (bicyclic) bond motifs is 1. The minimum absolute atomic E-state index is 0.0807. The van der Waals surface area contributed by atoms with E-state index < -0.39 is 36.4 Å². The van der Waals surface area contributed by atoms with Gasteiger partial charge >= 0.3 is 6.18 Å². The van der Waals surface area contributed by atoms with Crippen LogP contribution in [0.4, 0.5) is 33.7 Å². The molecular weight excluding hydrogens is 557 g/mol. The minimum Gasteiger partial charge on any atom is -0.488 e. The summed E-state index contributed by atoms with van der Waals surface area (Å²) in [4.78, 5) is 38.2. The van der Waals surface area contributed by atoms with Gasteiger partial charge in [-0.25, -0.2) is 23.8 Å². The normalized spacial score (nSPS) is 18.3. The van der Waals surface area contributed by atoms with Gasteiger partial charge in [-0.05, 0) is 18.2 Å². The molecule has 0 radical (unpaired) electrons. The maximum Gasteiger partial charge on any atom is 0.419 e. The molecule has 2 fully saturated rings. The lowest BCUT2D eigenvalue weighted by molar-refractivity contribution is -0.138. The van der Waals surface area contributed by atoms with E-state index in [1.807, 2.05) is 4.90 Å². The quantitative estimate of drug-likeness (QED) is 0.419. The Hall–Kier alpha value is -4.08. The average molecular weight is 584 g/mol. The highest BCUT2D eigenvalue weighted by atomic mass is 19.4. The summed E-state index contributed by atoms with van der Waals surface area (Å²) in [5.41, 5.74) is -1.37. The van der Waals surface area contributed by atoms with Crippen LogP contribution in [0.3, 0.4) is 0 Å². The minimum atomic E-state index is -4.52. The number of carbonyl (C=O) groups is 1. The van der Waals surface area contributed by atoms with Crippen LogP contribution in [0.5, 0.6) is 5.75 Å². The standard InChI is InChI=1S/C25H26F5N7O4/c26-20(27)14-41-16-1-2-18-19(9-16)22(33-34-23(18)39)37-7-8-40-17(13-37)10-21(38)35-3-5-36(6-4-35)24-31-11-15(12-32-24)25(28,29)30/h1-2,9,11-12,17,20H,3-8,10,13-14H2,(H,34,39)/t17-/m1/s1. The van der Waals surface area contributed by atoms with Crippen molar-refractivity contribution in [2.24, 2.45) is 0 Å². The number of nitrogens with zero attached hydrogens (tertiary/aromatic N) is 6. The molecule has 2 aliphatic rings. The van der Waals surface area contributed by atoms with Gasteiger partial charge in [0.05, 0.1) is 30.1 Å². The van der Waals surface area contributed by atoms with E-state index in [2.05, 4.69) is 20.2 Å². The van der Waals surface area contributed by atoms with Crippen LogP contribution in [0.1, 0.15) is 12.0 Å². The highest BCUT2D eigenvalue weighted by Gasteiger charge is 2.32. The number of nitrogens with one attached hydrogen (secondary N) is 1. The summed E-state index contributed by atoms with van der Waals surface area (Å²) in [5, 5.41) is 7.37. The molecule has 0 aliphatic carbocycles. The Balaban J connectivity index is 1.20. The van der Waals surface area contributed by atoms with Gasteiger partial charge in [-0.15, -0.1) is 0 Å². The van der Waals surface area contributed by atoms with Crippen LogP contribution in [-0.2, 0) is 15.7 Å². The Morgan fingerprint density at radius 2 is 1.80 bits per heavy atom. The van der Waals surface area contributed by atoms with Crippen molar-refractivity contribution in [3.63, 3.8) is 0 Å². The van der Waals surface area contributed by atoms with E-state index in [-0.39, 0.29) is 24.0 Å². The first-order valence-corrected chi connectivity index (χ1v) is 12.8. The Labute approximate surface area is 229 Å². The maximum atomic E-state index is 13.0. The fourth-order valence-corrected chi connectivity index (χ4v) is 4.77. The molecule has 2 aliphatic heterocycles. The molecule has 41 heavy (non-hydrogen) atoms. The van der Waals surface area contributed by atoms with Crippen molar-refractivity contribution < 1.29 is 36.2 Å². The SMILES string of the molecule is O=C(C[C@@H]1CN(c2n[nH]c(=O)c3ccc(OCC(F)F)cc23)CCO1)N1CCN(c2ncc(C(F)(F)F)cn2)CC1. The summed E-state index contributed by atoms with van der Waals surface area (Å²) in [5.74, 6) is 0.604. The number of rotatable bonds is 7. The molecular formula is C25H26F5N7O4. The topological polar surface area (TPSA) is 117 Å². The number of benzene rings is 1. The summed E-state index contributed by atoms with van der Waals surface area (Å²) < 4.78 is 74.5. The van der Waals surface area contributed by atoms with Crippen molar-refractivity contribution >= 4 is 28.4 Å². The Kier molecular flexibility index (Phi) is 8.19. The molecule has 1 atom stereocenters. The van der Waals surface area contributed by atoms with E-state index >= 15 is 0 Å². The molecule has 16 heteroatoms. The van der Waals surface area contributed by atoms with Gasteiger partial charge < -0.3 is 24.2 Å². The lowest BCUT2D eigenvalue weighted by atomic mass is 10.1. The number of hydrogen-bond donors (Lipinski definition) is 1. The number of halogens is 5. The van der Waals surface area contributed by atoms with Crippen molar-refractivity contribution in [1.29, 1.82) is 0 Å². The largest absolute Gasteiger partial charge is 0.488 e. The number of morpholine rings is 1. The molecule has 11 nitrogen and oxygen atoms in total. The lowest BCUT2D eigenvalue weighted by Gasteiger charge is -2.37. The monoisotopic (exact) mass is 583 g/mol. The van der Waals surface area contributed by atoms with E-state index in [4.69, 9.17) is 9.47 Å². The van der Waals surface area contributed by atoms with Crippen LogP contribution >= 0.6 is 0 Å². The Morgan fingerprint density at radius 3 is 2.49 bits per heavy atom. The molecule has 0 saturated carbocycles. The van der Waals surface area contributed by atoms with Crippen molar-refractivity contribution in [2.75, 3.05) is 62.3 Å². The zero-order valence-corrected chi connectivity index (χ0v) is 21.6. The number of piperazine rings is 1. The predicted octanol–water partition coefficient (Wildman–Crippen LogP) is 2.32. The van der Waals surface area contributed by atoms with E-state index in [1.165, 1.54) is 18.2 Å². The molecule has 0 bridgehead atoms. The fraction of sp³-hybridized carbons (Fsp3) is 0.480. The third-order valence-corrected chi connectivity index (χ3v) is 6.84. The molecule has 0 spiro atoms. The predicted molar refractivity (Wildman–Crippen MR) is 136 cm³/mol. The smallest absolute Gasteiger partial charge is 0.419 e. The molecule has 0 unspecified atom stereocenters. The first-order valence-electron chi connectivity index (χ1n) is 12.8. The molecule has 2 saturated heterocycles. The van der Waals surface area contributed by atoms with Crippen molar-refractivity contribution in [2.45, 2.75) is 25.1 Å². The van der Waals surface area contributed by atoms with Gasteiger partial charge in [0.25, 0.3) is 12.0 Å². The number of ether oxygens (including phenoxy) is 2. The van der Waals surface area contributed by atoms with E-state index in [1.54, 1.807) is 9.80 Å². The zero-order chi connectivity index (χ0) is 29.1. The molecule has 3 aromatic rings. The third-order valence-electron chi connectivity index (χ3n) is 6.84. The number of anilines is 2. The zero-order valence-electron chi connectivity index (χ0n) is 21.6. The van der Waals surface area contributed by atoms with Gasteiger partial charge in [0, 0.05) is 57.0 Å². The second-order valence-corrected chi connectivity index (χ2v) is 9.57. The summed E-state index contributed by atoms with van der Waals surface area (Å²) in [6, 6.07) is 4.41. The molecule has 1 aromatic carbocycles. The van der Waals surface area contributed by atoms with Gasteiger partial charge in [0.1, 0.15) is 12.4 Å². The average Bonchev–Trinajstić information content (AvgIpc) is 2.96. The number of carbonyl (C=O) groups excluding carboxylic acids is 1. The van der Waals surface area contributed by atoms with Crippen LogP contribution < -0.4 is 20.1 Å².